The summed E-state index contributed by atoms with van der Waals surface area (Å²) in [6.07, 6.45) is -4.94. The van der Waals surface area contributed by atoms with Gasteiger partial charge in [0, 0.05) is 6.42 Å². The number of alkyl halides is 3. The maximum atomic E-state index is 12.0. The standard InChI is InChI=1S/C11H18F3NO2/c1-5-8(6-7-11(12,13)14)15-9(16)17-10(2,3)4/h5,8H,1,6-7H2,2-4H3,(H,15,16). The second kappa shape index (κ2) is 5.93. The zero-order valence-electron chi connectivity index (χ0n) is 10.2. The van der Waals surface area contributed by atoms with Gasteiger partial charge in [-0.25, -0.2) is 4.79 Å². The summed E-state index contributed by atoms with van der Waals surface area (Å²) < 4.78 is 40.9. The van der Waals surface area contributed by atoms with Crippen LogP contribution in [0.15, 0.2) is 12.7 Å². The molecule has 17 heavy (non-hydrogen) atoms. The van der Waals surface area contributed by atoms with Crippen molar-refractivity contribution in [3.8, 4) is 0 Å². The van der Waals surface area contributed by atoms with Crippen molar-refractivity contribution < 1.29 is 22.7 Å². The molecule has 0 saturated heterocycles. The van der Waals surface area contributed by atoms with Gasteiger partial charge < -0.3 is 10.1 Å². The van der Waals surface area contributed by atoms with Gasteiger partial charge in [-0.05, 0) is 27.2 Å². The fourth-order valence-corrected chi connectivity index (χ4v) is 1.03. The van der Waals surface area contributed by atoms with Crippen molar-refractivity contribution in [1.29, 1.82) is 0 Å². The highest BCUT2D eigenvalue weighted by Gasteiger charge is 2.28. The first-order chi connectivity index (χ1) is 7.53. The number of hydrogen-bond donors (Lipinski definition) is 1. The molecule has 0 rings (SSSR count). The molecule has 0 aliphatic heterocycles. The Morgan fingerprint density at radius 3 is 2.29 bits per heavy atom. The lowest BCUT2D eigenvalue weighted by Crippen LogP contribution is -2.38. The Kier molecular flexibility index (Phi) is 5.51. The van der Waals surface area contributed by atoms with Gasteiger partial charge in [0.15, 0.2) is 0 Å². The molecule has 0 bridgehead atoms. The van der Waals surface area contributed by atoms with E-state index in [4.69, 9.17) is 4.74 Å². The van der Waals surface area contributed by atoms with Crippen LogP contribution in [0.2, 0.25) is 0 Å². The van der Waals surface area contributed by atoms with E-state index in [-0.39, 0.29) is 6.42 Å². The summed E-state index contributed by atoms with van der Waals surface area (Å²) in [4.78, 5) is 11.3. The average molecular weight is 253 g/mol. The monoisotopic (exact) mass is 253 g/mol. The second-order valence-electron chi connectivity index (χ2n) is 4.64. The highest BCUT2D eigenvalue weighted by atomic mass is 19.4. The van der Waals surface area contributed by atoms with E-state index in [1.54, 1.807) is 20.8 Å². The first-order valence-corrected chi connectivity index (χ1v) is 5.22. The molecule has 1 N–H and O–H groups in total. The zero-order chi connectivity index (χ0) is 13.7. The van der Waals surface area contributed by atoms with Crippen LogP contribution in [0.4, 0.5) is 18.0 Å². The molecule has 0 radical (unpaired) electrons. The summed E-state index contributed by atoms with van der Waals surface area (Å²) in [5.74, 6) is 0. The van der Waals surface area contributed by atoms with E-state index in [0.29, 0.717) is 0 Å². The quantitative estimate of drug-likeness (QED) is 0.780. The fourth-order valence-electron chi connectivity index (χ4n) is 1.03. The maximum absolute atomic E-state index is 12.0. The predicted molar refractivity (Wildman–Crippen MR) is 58.6 cm³/mol. The maximum Gasteiger partial charge on any atom is 0.408 e. The van der Waals surface area contributed by atoms with Gasteiger partial charge in [0.1, 0.15) is 5.60 Å². The number of amides is 1. The van der Waals surface area contributed by atoms with Gasteiger partial charge in [-0.3, -0.25) is 0 Å². The Morgan fingerprint density at radius 1 is 1.41 bits per heavy atom. The number of nitrogens with one attached hydrogen (secondary N) is 1. The first-order valence-electron chi connectivity index (χ1n) is 5.22. The van der Waals surface area contributed by atoms with Crippen LogP contribution in [0.1, 0.15) is 33.6 Å². The minimum atomic E-state index is -4.24. The Hall–Kier alpha value is -1.20. The molecule has 0 heterocycles. The molecule has 1 unspecified atom stereocenters. The van der Waals surface area contributed by atoms with Crippen molar-refractivity contribution in [2.45, 2.75) is 51.4 Å². The molecule has 0 aliphatic rings. The summed E-state index contributed by atoms with van der Waals surface area (Å²) in [7, 11) is 0. The number of carbonyl (C=O) groups excluding carboxylic acids is 1. The summed E-state index contributed by atoms with van der Waals surface area (Å²) >= 11 is 0. The molecule has 6 heteroatoms. The number of alkyl carbamates (subject to hydrolysis) is 1. The Morgan fingerprint density at radius 2 is 1.94 bits per heavy atom. The Labute approximate surface area is 99.0 Å². The molecule has 0 aliphatic carbocycles. The second-order valence-corrected chi connectivity index (χ2v) is 4.64. The van der Waals surface area contributed by atoms with Gasteiger partial charge in [-0.2, -0.15) is 13.2 Å². The van der Waals surface area contributed by atoms with E-state index >= 15 is 0 Å². The molecule has 0 spiro atoms. The largest absolute Gasteiger partial charge is 0.444 e. The molecule has 1 atom stereocenters. The Bertz CT molecular complexity index is 269. The minimum Gasteiger partial charge on any atom is -0.444 e. The number of halogens is 3. The third kappa shape index (κ3) is 9.71. The SMILES string of the molecule is C=CC(CCC(F)(F)F)NC(=O)OC(C)(C)C. The molecule has 0 aromatic heterocycles. The molecule has 0 saturated carbocycles. The molecule has 1 amide bonds. The van der Waals surface area contributed by atoms with Crippen molar-refractivity contribution in [3.63, 3.8) is 0 Å². The van der Waals surface area contributed by atoms with E-state index in [1.807, 2.05) is 0 Å². The predicted octanol–water partition coefficient (Wildman–Crippen LogP) is 3.41. The summed E-state index contributed by atoms with van der Waals surface area (Å²) in [5, 5.41) is 2.32. The highest BCUT2D eigenvalue weighted by Crippen LogP contribution is 2.22. The van der Waals surface area contributed by atoms with Crippen LogP contribution in [0.5, 0.6) is 0 Å². The topological polar surface area (TPSA) is 38.3 Å². The first kappa shape index (κ1) is 15.8. The molecule has 0 aromatic carbocycles. The van der Waals surface area contributed by atoms with Crippen molar-refractivity contribution in [1.82, 2.24) is 5.32 Å². The van der Waals surface area contributed by atoms with E-state index in [0.717, 1.165) is 0 Å². The molecule has 0 aromatic rings. The number of hydrogen-bond acceptors (Lipinski definition) is 2. The van der Waals surface area contributed by atoms with Gasteiger partial charge >= 0.3 is 12.3 Å². The lowest BCUT2D eigenvalue weighted by Gasteiger charge is -2.22. The lowest BCUT2D eigenvalue weighted by atomic mass is 10.1. The van der Waals surface area contributed by atoms with Crippen molar-refractivity contribution >= 4 is 6.09 Å². The zero-order valence-corrected chi connectivity index (χ0v) is 10.2. The third-order valence-electron chi connectivity index (χ3n) is 1.73. The summed E-state index contributed by atoms with van der Waals surface area (Å²) in [6, 6.07) is -0.744. The number of rotatable bonds is 4. The smallest absolute Gasteiger partial charge is 0.408 e. The number of carbonyl (C=O) groups is 1. The summed E-state index contributed by atoms with van der Waals surface area (Å²) in [6.45, 7) is 8.39. The van der Waals surface area contributed by atoms with E-state index in [2.05, 4.69) is 11.9 Å². The molecule has 0 fully saturated rings. The molecular formula is C11H18F3NO2. The van der Waals surface area contributed by atoms with Crippen LogP contribution >= 0.6 is 0 Å². The minimum absolute atomic E-state index is 0.244. The van der Waals surface area contributed by atoms with Crippen LogP contribution in [-0.2, 0) is 4.74 Å². The van der Waals surface area contributed by atoms with Crippen LogP contribution in [0.25, 0.3) is 0 Å². The van der Waals surface area contributed by atoms with Gasteiger partial charge in [0.25, 0.3) is 0 Å². The van der Waals surface area contributed by atoms with Crippen LogP contribution in [0, 0.1) is 0 Å². The van der Waals surface area contributed by atoms with Gasteiger partial charge in [0.2, 0.25) is 0 Å². The number of ether oxygens (including phenoxy) is 1. The van der Waals surface area contributed by atoms with Crippen LogP contribution in [-0.4, -0.2) is 23.9 Å². The van der Waals surface area contributed by atoms with E-state index < -0.39 is 30.3 Å². The van der Waals surface area contributed by atoms with E-state index in [1.165, 1.54) is 6.08 Å². The highest BCUT2D eigenvalue weighted by molar-refractivity contribution is 5.68. The normalized spacial score (nSPS) is 14.0. The molecular weight excluding hydrogens is 235 g/mol. The lowest BCUT2D eigenvalue weighted by molar-refractivity contribution is -0.136. The van der Waals surface area contributed by atoms with Crippen LogP contribution < -0.4 is 5.32 Å². The molecule has 3 nitrogen and oxygen atoms in total. The third-order valence-corrected chi connectivity index (χ3v) is 1.73. The molecule has 100 valence electrons. The van der Waals surface area contributed by atoms with Crippen molar-refractivity contribution in [3.05, 3.63) is 12.7 Å². The average Bonchev–Trinajstić information content (AvgIpc) is 2.07. The van der Waals surface area contributed by atoms with E-state index in [9.17, 15) is 18.0 Å². The van der Waals surface area contributed by atoms with Crippen molar-refractivity contribution in [2.24, 2.45) is 0 Å². The summed E-state index contributed by atoms with van der Waals surface area (Å²) in [5.41, 5.74) is -0.681. The van der Waals surface area contributed by atoms with Gasteiger partial charge in [-0.15, -0.1) is 6.58 Å². The van der Waals surface area contributed by atoms with Crippen molar-refractivity contribution in [2.75, 3.05) is 0 Å². The van der Waals surface area contributed by atoms with Crippen LogP contribution in [0.3, 0.4) is 0 Å². The fraction of sp³-hybridized carbons (Fsp3) is 0.727. The van der Waals surface area contributed by atoms with Gasteiger partial charge in [0.05, 0.1) is 6.04 Å². The van der Waals surface area contributed by atoms with Gasteiger partial charge in [-0.1, -0.05) is 6.08 Å². The Balaban J connectivity index is 4.14.